The van der Waals surface area contributed by atoms with Gasteiger partial charge in [0.25, 0.3) is 5.91 Å². The molecule has 0 spiro atoms. The van der Waals surface area contributed by atoms with Gasteiger partial charge in [0.2, 0.25) is 0 Å². The van der Waals surface area contributed by atoms with Crippen LogP contribution in [0.15, 0.2) is 41.0 Å². The minimum Gasteiger partial charge on any atom is -0.376 e. The van der Waals surface area contributed by atoms with Crippen LogP contribution < -0.4 is 10.2 Å². The Morgan fingerprint density at radius 2 is 2.05 bits per heavy atom. The number of carbonyl (C=O) groups excluding carboxylic acids is 1. The summed E-state index contributed by atoms with van der Waals surface area (Å²) in [6, 6.07) is 8.86. The summed E-state index contributed by atoms with van der Waals surface area (Å²) in [5, 5.41) is 3.17. The zero-order valence-electron chi connectivity index (χ0n) is 11.0. The molecular formula is C14H13BrClN3O. The molecule has 6 heteroatoms. The van der Waals surface area contributed by atoms with Crippen molar-refractivity contribution in [2.24, 2.45) is 0 Å². The molecule has 0 fully saturated rings. The van der Waals surface area contributed by atoms with Gasteiger partial charge in [-0.15, -0.1) is 0 Å². The van der Waals surface area contributed by atoms with E-state index in [9.17, 15) is 4.79 Å². The topological polar surface area (TPSA) is 45.2 Å². The van der Waals surface area contributed by atoms with Crippen molar-refractivity contribution in [2.75, 3.05) is 24.3 Å². The zero-order valence-corrected chi connectivity index (χ0v) is 13.4. The Bertz CT molecular complexity index is 646. The average Bonchev–Trinajstić information content (AvgIpc) is 2.38. The van der Waals surface area contributed by atoms with Crippen molar-refractivity contribution in [3.63, 3.8) is 0 Å². The van der Waals surface area contributed by atoms with E-state index >= 15 is 0 Å². The maximum atomic E-state index is 12.2. The number of halogens is 2. The molecule has 1 N–H and O–H groups in total. The van der Waals surface area contributed by atoms with Crippen LogP contribution in [-0.2, 0) is 0 Å². The number of hydrogen-bond donors (Lipinski definition) is 1. The van der Waals surface area contributed by atoms with E-state index < -0.39 is 0 Å². The predicted molar refractivity (Wildman–Crippen MR) is 85.7 cm³/mol. The number of anilines is 2. The summed E-state index contributed by atoms with van der Waals surface area (Å²) in [5.41, 5.74) is 2.11. The number of aromatic nitrogens is 1. The lowest BCUT2D eigenvalue weighted by molar-refractivity contribution is 0.102. The number of amides is 1. The third kappa shape index (κ3) is 3.49. The first-order valence-electron chi connectivity index (χ1n) is 5.87. The van der Waals surface area contributed by atoms with Gasteiger partial charge in [0.05, 0.1) is 11.4 Å². The summed E-state index contributed by atoms with van der Waals surface area (Å²) in [5.74, 6) is -0.226. The number of nitrogens with zero attached hydrogens (tertiary/aromatic N) is 2. The number of hydrogen-bond acceptors (Lipinski definition) is 3. The normalized spacial score (nSPS) is 10.2. The summed E-state index contributed by atoms with van der Waals surface area (Å²) in [6.07, 6.45) is 1.50. The standard InChI is InChI=1S/C14H13BrClN3O/c1-19(2)12-4-3-10(15)8-11(12)18-14(20)9-5-6-17-13(16)7-9/h3-8H,1-2H3,(H,18,20). The van der Waals surface area contributed by atoms with Gasteiger partial charge >= 0.3 is 0 Å². The van der Waals surface area contributed by atoms with E-state index in [0.717, 1.165) is 15.8 Å². The van der Waals surface area contributed by atoms with Crippen LogP contribution in [0.2, 0.25) is 5.15 Å². The lowest BCUT2D eigenvalue weighted by atomic mass is 10.2. The lowest BCUT2D eigenvalue weighted by Gasteiger charge is -2.18. The van der Waals surface area contributed by atoms with Gasteiger partial charge < -0.3 is 10.2 Å². The highest BCUT2D eigenvalue weighted by Gasteiger charge is 2.11. The first-order valence-corrected chi connectivity index (χ1v) is 7.04. The first-order chi connectivity index (χ1) is 9.47. The van der Waals surface area contributed by atoms with E-state index in [-0.39, 0.29) is 5.91 Å². The number of nitrogens with one attached hydrogen (secondary N) is 1. The van der Waals surface area contributed by atoms with Crippen molar-refractivity contribution in [1.29, 1.82) is 0 Å². The van der Waals surface area contributed by atoms with Crippen LogP contribution in [0.3, 0.4) is 0 Å². The van der Waals surface area contributed by atoms with Gasteiger partial charge in [0.1, 0.15) is 5.15 Å². The molecule has 0 saturated heterocycles. The van der Waals surface area contributed by atoms with Crippen molar-refractivity contribution in [3.05, 3.63) is 51.7 Å². The summed E-state index contributed by atoms with van der Waals surface area (Å²) < 4.78 is 0.895. The van der Waals surface area contributed by atoms with Crippen molar-refractivity contribution in [3.8, 4) is 0 Å². The predicted octanol–water partition coefficient (Wildman–Crippen LogP) is 3.82. The molecule has 0 atom stereocenters. The van der Waals surface area contributed by atoms with E-state index in [1.807, 2.05) is 37.2 Å². The first kappa shape index (κ1) is 14.8. The van der Waals surface area contributed by atoms with Crippen LogP contribution in [0.5, 0.6) is 0 Å². The molecule has 0 aliphatic heterocycles. The molecule has 0 bridgehead atoms. The van der Waals surface area contributed by atoms with Crippen molar-refractivity contribution >= 4 is 44.8 Å². The second kappa shape index (κ2) is 6.24. The van der Waals surface area contributed by atoms with Crippen molar-refractivity contribution in [2.45, 2.75) is 0 Å². The van der Waals surface area contributed by atoms with E-state index in [4.69, 9.17) is 11.6 Å². The van der Waals surface area contributed by atoms with E-state index in [0.29, 0.717) is 10.7 Å². The van der Waals surface area contributed by atoms with Crippen molar-refractivity contribution in [1.82, 2.24) is 4.98 Å². The van der Waals surface area contributed by atoms with E-state index in [1.54, 1.807) is 6.07 Å². The van der Waals surface area contributed by atoms with Gasteiger partial charge in [-0.25, -0.2) is 4.98 Å². The smallest absolute Gasteiger partial charge is 0.255 e. The summed E-state index contributed by atoms with van der Waals surface area (Å²) >= 11 is 9.19. The number of carbonyl (C=O) groups is 1. The SMILES string of the molecule is CN(C)c1ccc(Br)cc1NC(=O)c1ccnc(Cl)c1. The van der Waals surface area contributed by atoms with Crippen LogP contribution in [0.4, 0.5) is 11.4 Å². The van der Waals surface area contributed by atoms with Gasteiger partial charge in [-0.3, -0.25) is 4.79 Å². The molecule has 1 heterocycles. The van der Waals surface area contributed by atoms with Crippen LogP contribution in [0.1, 0.15) is 10.4 Å². The molecule has 0 aliphatic carbocycles. The fourth-order valence-corrected chi connectivity index (χ4v) is 2.27. The molecule has 1 aromatic carbocycles. The van der Waals surface area contributed by atoms with E-state index in [2.05, 4.69) is 26.2 Å². The molecule has 2 aromatic rings. The van der Waals surface area contributed by atoms with E-state index in [1.165, 1.54) is 12.3 Å². The molecule has 104 valence electrons. The zero-order chi connectivity index (χ0) is 14.7. The summed E-state index contributed by atoms with van der Waals surface area (Å²) in [4.78, 5) is 18.0. The average molecular weight is 355 g/mol. The molecular weight excluding hydrogens is 342 g/mol. The highest BCUT2D eigenvalue weighted by atomic mass is 79.9. The second-order valence-corrected chi connectivity index (χ2v) is 5.68. The largest absolute Gasteiger partial charge is 0.376 e. The maximum absolute atomic E-state index is 12.2. The Labute approximate surface area is 130 Å². The van der Waals surface area contributed by atoms with Crippen molar-refractivity contribution < 1.29 is 4.79 Å². The van der Waals surface area contributed by atoms with Crippen LogP contribution in [0, 0.1) is 0 Å². The Morgan fingerprint density at radius 3 is 2.70 bits per heavy atom. The number of benzene rings is 1. The molecule has 4 nitrogen and oxygen atoms in total. The summed E-state index contributed by atoms with van der Waals surface area (Å²) in [7, 11) is 3.84. The third-order valence-electron chi connectivity index (χ3n) is 2.68. The Hall–Kier alpha value is -1.59. The second-order valence-electron chi connectivity index (χ2n) is 4.38. The van der Waals surface area contributed by atoms with Crippen LogP contribution in [-0.4, -0.2) is 25.0 Å². The van der Waals surface area contributed by atoms with Gasteiger partial charge in [-0.05, 0) is 30.3 Å². The molecule has 1 amide bonds. The minimum absolute atomic E-state index is 0.226. The molecule has 0 saturated carbocycles. The molecule has 2 rings (SSSR count). The molecule has 0 radical (unpaired) electrons. The minimum atomic E-state index is -0.226. The van der Waals surface area contributed by atoms with Crippen LogP contribution >= 0.6 is 27.5 Å². The Balaban J connectivity index is 2.30. The third-order valence-corrected chi connectivity index (χ3v) is 3.38. The summed E-state index contributed by atoms with van der Waals surface area (Å²) in [6.45, 7) is 0. The number of rotatable bonds is 3. The van der Waals surface area contributed by atoms with Gasteiger partial charge in [-0.2, -0.15) is 0 Å². The van der Waals surface area contributed by atoms with Gasteiger partial charge in [-0.1, -0.05) is 27.5 Å². The maximum Gasteiger partial charge on any atom is 0.255 e. The highest BCUT2D eigenvalue weighted by Crippen LogP contribution is 2.28. The quantitative estimate of drug-likeness (QED) is 0.852. The lowest BCUT2D eigenvalue weighted by Crippen LogP contribution is -2.16. The fourth-order valence-electron chi connectivity index (χ4n) is 1.74. The monoisotopic (exact) mass is 353 g/mol. The Morgan fingerprint density at radius 1 is 1.30 bits per heavy atom. The fraction of sp³-hybridized carbons (Fsp3) is 0.143. The molecule has 20 heavy (non-hydrogen) atoms. The van der Waals surface area contributed by atoms with Crippen LogP contribution in [0.25, 0.3) is 0 Å². The highest BCUT2D eigenvalue weighted by molar-refractivity contribution is 9.10. The van der Waals surface area contributed by atoms with Gasteiger partial charge in [0.15, 0.2) is 0 Å². The molecule has 0 aliphatic rings. The van der Waals surface area contributed by atoms with Gasteiger partial charge in [0, 0.05) is 30.3 Å². The molecule has 0 unspecified atom stereocenters. The molecule has 1 aromatic heterocycles. The Kier molecular flexibility index (Phi) is 4.62. The number of pyridine rings is 1.